The Balaban J connectivity index is 1.75. The fraction of sp³-hybridized carbons (Fsp3) is 0. The van der Waals surface area contributed by atoms with E-state index in [1.807, 2.05) is 47.2 Å². The average molecular weight is 358 g/mol. The molecule has 1 aliphatic rings. The van der Waals surface area contributed by atoms with E-state index in [0.29, 0.717) is 5.69 Å². The van der Waals surface area contributed by atoms with Gasteiger partial charge in [-0.15, -0.1) is 0 Å². The maximum absolute atomic E-state index is 12.9. The molecule has 4 amide bonds. The highest BCUT2D eigenvalue weighted by Crippen LogP contribution is 2.22. The van der Waals surface area contributed by atoms with Crippen molar-refractivity contribution < 1.29 is 14.4 Å². The number of rotatable bonds is 3. The summed E-state index contributed by atoms with van der Waals surface area (Å²) in [5, 5.41) is 2.20. The van der Waals surface area contributed by atoms with Gasteiger partial charge in [0.2, 0.25) is 0 Å². The third-order valence-electron chi connectivity index (χ3n) is 4.11. The lowest BCUT2D eigenvalue weighted by atomic mass is 10.1. The maximum atomic E-state index is 12.9. The van der Waals surface area contributed by atoms with Crippen molar-refractivity contribution in [3.63, 3.8) is 0 Å². The van der Waals surface area contributed by atoms with Gasteiger partial charge < -0.3 is 4.57 Å². The third kappa shape index (κ3) is 3.02. The Morgan fingerprint density at radius 2 is 1.67 bits per heavy atom. The molecule has 1 N–H and O–H groups in total. The first-order valence-electron chi connectivity index (χ1n) is 8.19. The van der Waals surface area contributed by atoms with E-state index in [1.165, 1.54) is 18.5 Å². The topological polar surface area (TPSA) is 84.3 Å². The second-order valence-electron chi connectivity index (χ2n) is 5.81. The number of carbonyl (C=O) groups is 3. The summed E-state index contributed by atoms with van der Waals surface area (Å²) in [6, 6.07) is 15.5. The van der Waals surface area contributed by atoms with Crippen molar-refractivity contribution in [1.82, 2.24) is 14.9 Å². The molecule has 132 valence electrons. The van der Waals surface area contributed by atoms with Crippen molar-refractivity contribution in [1.29, 1.82) is 0 Å². The highest BCUT2D eigenvalue weighted by Gasteiger charge is 2.37. The molecule has 0 radical (unpaired) electrons. The Morgan fingerprint density at radius 1 is 0.889 bits per heavy atom. The average Bonchev–Trinajstić information content (AvgIpc) is 3.15. The number of para-hydroxylation sites is 1. The van der Waals surface area contributed by atoms with Crippen LogP contribution in [0.5, 0.6) is 0 Å². The second kappa shape index (κ2) is 6.72. The van der Waals surface area contributed by atoms with Crippen LogP contribution < -0.4 is 10.2 Å². The van der Waals surface area contributed by atoms with E-state index in [0.717, 1.165) is 10.6 Å². The smallest absolute Gasteiger partial charge is 0.317 e. The summed E-state index contributed by atoms with van der Waals surface area (Å²) < 4.78 is 1.85. The van der Waals surface area contributed by atoms with Gasteiger partial charge in [-0.2, -0.15) is 0 Å². The molecule has 3 heterocycles. The zero-order valence-electron chi connectivity index (χ0n) is 14.1. The number of nitrogens with zero attached hydrogens (tertiary/aromatic N) is 3. The van der Waals surface area contributed by atoms with Crippen LogP contribution in [0, 0.1) is 0 Å². The minimum absolute atomic E-state index is 0.130. The number of imide groups is 2. The molecule has 27 heavy (non-hydrogen) atoms. The minimum Gasteiger partial charge on any atom is -0.317 e. The summed E-state index contributed by atoms with van der Waals surface area (Å²) in [6.45, 7) is 0. The SMILES string of the molecule is O=C1NC(=O)N(c2cccnc2)C(=O)C1=Cc1cccn1-c1ccccc1. The Hall–Kier alpha value is -4.00. The van der Waals surface area contributed by atoms with Crippen LogP contribution in [-0.2, 0) is 9.59 Å². The molecule has 7 nitrogen and oxygen atoms in total. The molecule has 0 bridgehead atoms. The number of nitrogens with one attached hydrogen (secondary N) is 1. The van der Waals surface area contributed by atoms with Crippen LogP contribution in [0.3, 0.4) is 0 Å². The molecule has 0 atom stereocenters. The predicted molar refractivity (Wildman–Crippen MR) is 99.0 cm³/mol. The fourth-order valence-corrected chi connectivity index (χ4v) is 2.86. The Morgan fingerprint density at radius 3 is 2.41 bits per heavy atom. The summed E-state index contributed by atoms with van der Waals surface area (Å²) in [4.78, 5) is 42.1. The molecule has 1 aromatic carbocycles. The van der Waals surface area contributed by atoms with Crippen molar-refractivity contribution in [2.24, 2.45) is 0 Å². The minimum atomic E-state index is -0.798. The molecular formula is C20H14N4O3. The zero-order valence-corrected chi connectivity index (χ0v) is 14.1. The molecular weight excluding hydrogens is 344 g/mol. The molecule has 0 aliphatic carbocycles. The number of anilines is 1. The van der Waals surface area contributed by atoms with E-state index < -0.39 is 17.8 Å². The van der Waals surface area contributed by atoms with Gasteiger partial charge in [0.25, 0.3) is 11.8 Å². The van der Waals surface area contributed by atoms with Crippen LogP contribution in [0.2, 0.25) is 0 Å². The lowest BCUT2D eigenvalue weighted by Crippen LogP contribution is -2.54. The van der Waals surface area contributed by atoms with Crippen molar-refractivity contribution in [3.05, 3.63) is 84.5 Å². The molecule has 1 saturated heterocycles. The highest BCUT2D eigenvalue weighted by molar-refractivity contribution is 6.39. The van der Waals surface area contributed by atoms with Crippen LogP contribution in [0.4, 0.5) is 10.5 Å². The fourth-order valence-electron chi connectivity index (χ4n) is 2.86. The van der Waals surface area contributed by atoms with Crippen molar-refractivity contribution in [2.45, 2.75) is 0 Å². The van der Waals surface area contributed by atoms with Gasteiger partial charge in [-0.1, -0.05) is 18.2 Å². The lowest BCUT2D eigenvalue weighted by molar-refractivity contribution is -0.122. The lowest BCUT2D eigenvalue weighted by Gasteiger charge is -2.26. The van der Waals surface area contributed by atoms with Gasteiger partial charge in [-0.3, -0.25) is 19.9 Å². The quantitative estimate of drug-likeness (QED) is 0.576. The Labute approximate surface area is 154 Å². The van der Waals surface area contributed by atoms with Crippen LogP contribution in [0.25, 0.3) is 11.8 Å². The summed E-state index contributed by atoms with van der Waals surface area (Å²) in [5.41, 5.74) is 1.68. The van der Waals surface area contributed by atoms with Crippen molar-refractivity contribution >= 4 is 29.6 Å². The molecule has 0 spiro atoms. The van der Waals surface area contributed by atoms with Gasteiger partial charge in [0.1, 0.15) is 5.57 Å². The first-order valence-corrected chi connectivity index (χ1v) is 8.19. The van der Waals surface area contributed by atoms with Crippen LogP contribution in [0.1, 0.15) is 5.69 Å². The molecule has 1 aliphatic heterocycles. The number of urea groups is 1. The second-order valence-corrected chi connectivity index (χ2v) is 5.81. The van der Waals surface area contributed by atoms with E-state index in [1.54, 1.807) is 18.2 Å². The Kier molecular flexibility index (Phi) is 4.10. The molecule has 7 heteroatoms. The number of carbonyl (C=O) groups excluding carboxylic acids is 3. The highest BCUT2D eigenvalue weighted by atomic mass is 16.2. The van der Waals surface area contributed by atoms with Crippen molar-refractivity contribution in [2.75, 3.05) is 4.90 Å². The molecule has 0 saturated carbocycles. The summed E-state index contributed by atoms with van der Waals surface area (Å²) in [7, 11) is 0. The number of barbiturate groups is 1. The van der Waals surface area contributed by atoms with Gasteiger partial charge in [0.15, 0.2) is 0 Å². The van der Waals surface area contributed by atoms with Crippen LogP contribution in [0.15, 0.2) is 78.8 Å². The van der Waals surface area contributed by atoms with E-state index >= 15 is 0 Å². The molecule has 1 fully saturated rings. The maximum Gasteiger partial charge on any atom is 0.336 e. The monoisotopic (exact) mass is 358 g/mol. The normalized spacial score (nSPS) is 15.9. The number of benzene rings is 1. The number of aromatic nitrogens is 2. The standard InChI is InChI=1S/C20H14N4O3/c25-18-17(12-15-9-5-11-23(15)14-6-2-1-3-7-14)19(26)24(20(27)22-18)16-8-4-10-21-13-16/h1-13H,(H,22,25,27). The summed E-state index contributed by atoms with van der Waals surface area (Å²) in [6.07, 6.45) is 6.22. The van der Waals surface area contributed by atoms with Gasteiger partial charge in [0.05, 0.1) is 11.9 Å². The zero-order chi connectivity index (χ0) is 18.8. The van der Waals surface area contributed by atoms with Gasteiger partial charge in [-0.25, -0.2) is 9.69 Å². The number of hydrogen-bond donors (Lipinski definition) is 1. The largest absolute Gasteiger partial charge is 0.336 e. The number of pyridine rings is 1. The third-order valence-corrected chi connectivity index (χ3v) is 4.11. The predicted octanol–water partition coefficient (Wildman–Crippen LogP) is 2.54. The first kappa shape index (κ1) is 16.5. The molecule has 4 rings (SSSR count). The van der Waals surface area contributed by atoms with Gasteiger partial charge in [0, 0.05) is 23.8 Å². The molecule has 3 aromatic rings. The van der Waals surface area contributed by atoms with E-state index in [4.69, 9.17) is 0 Å². The van der Waals surface area contributed by atoms with Gasteiger partial charge >= 0.3 is 6.03 Å². The Bertz CT molecular complexity index is 1060. The van der Waals surface area contributed by atoms with E-state index in [2.05, 4.69) is 10.3 Å². The van der Waals surface area contributed by atoms with Crippen LogP contribution >= 0.6 is 0 Å². The van der Waals surface area contributed by atoms with E-state index in [-0.39, 0.29) is 11.3 Å². The van der Waals surface area contributed by atoms with E-state index in [9.17, 15) is 14.4 Å². The first-order chi connectivity index (χ1) is 13.1. The van der Waals surface area contributed by atoms with Crippen molar-refractivity contribution in [3.8, 4) is 5.69 Å². The summed E-state index contributed by atoms with van der Waals surface area (Å²) in [5.74, 6) is -1.43. The summed E-state index contributed by atoms with van der Waals surface area (Å²) >= 11 is 0. The molecule has 0 unspecified atom stereocenters. The number of amides is 4. The number of hydrogen-bond acceptors (Lipinski definition) is 4. The van der Waals surface area contributed by atoms with Crippen LogP contribution in [-0.4, -0.2) is 27.4 Å². The van der Waals surface area contributed by atoms with Gasteiger partial charge in [-0.05, 0) is 42.5 Å². The molecule has 2 aromatic heterocycles.